The van der Waals surface area contributed by atoms with Crippen molar-refractivity contribution in [2.75, 3.05) is 25.4 Å². The molecule has 0 bridgehead atoms. The number of thioether (sulfide) groups is 1. The van der Waals surface area contributed by atoms with Gasteiger partial charge in [0.2, 0.25) is 0 Å². The number of hydrogen-bond acceptors (Lipinski definition) is 3. The molecule has 1 aliphatic heterocycles. The molecule has 0 aromatic rings. The summed E-state index contributed by atoms with van der Waals surface area (Å²) in [4.78, 5) is 0. The number of aliphatic hydroxyl groups excluding tert-OH is 1. The fourth-order valence-corrected chi connectivity index (χ4v) is 2.42. The van der Waals surface area contributed by atoms with Gasteiger partial charge in [-0.1, -0.05) is 6.92 Å². The molecule has 10 heavy (non-hydrogen) atoms. The van der Waals surface area contributed by atoms with Crippen molar-refractivity contribution in [2.45, 2.75) is 12.2 Å². The Kier molecular flexibility index (Phi) is 3.52. The molecule has 60 valence electrons. The first-order chi connectivity index (χ1) is 4.88. The first-order valence-electron chi connectivity index (χ1n) is 3.81. The molecule has 3 heteroatoms. The van der Waals surface area contributed by atoms with E-state index in [0.29, 0.717) is 17.8 Å². The molecular formula is C7H15NOS. The number of rotatable bonds is 3. The fraction of sp³-hybridized carbons (Fsp3) is 1.00. The molecule has 0 saturated carbocycles. The minimum absolute atomic E-state index is 0.338. The highest BCUT2D eigenvalue weighted by Gasteiger charge is 2.25. The third-order valence-corrected chi connectivity index (χ3v) is 3.21. The lowest BCUT2D eigenvalue weighted by Crippen LogP contribution is -2.18. The lowest BCUT2D eigenvalue weighted by atomic mass is 10.1. The summed E-state index contributed by atoms with van der Waals surface area (Å²) in [5.41, 5.74) is 0. The molecule has 2 atom stereocenters. The standard InChI is InChI=1S/C7H15NOS/c1-2-10-7-4-8-3-6(7)5-9/h6-9H,2-5H2,1H3. The molecule has 1 aliphatic rings. The first kappa shape index (κ1) is 8.37. The molecule has 0 radical (unpaired) electrons. The topological polar surface area (TPSA) is 32.3 Å². The van der Waals surface area contributed by atoms with Gasteiger partial charge in [0, 0.05) is 30.9 Å². The average molecular weight is 161 g/mol. The van der Waals surface area contributed by atoms with Gasteiger partial charge in [0.25, 0.3) is 0 Å². The van der Waals surface area contributed by atoms with Crippen LogP contribution in [-0.2, 0) is 0 Å². The van der Waals surface area contributed by atoms with E-state index in [-0.39, 0.29) is 0 Å². The van der Waals surface area contributed by atoms with Crippen LogP contribution in [0.3, 0.4) is 0 Å². The van der Waals surface area contributed by atoms with E-state index >= 15 is 0 Å². The molecule has 2 N–H and O–H groups in total. The van der Waals surface area contributed by atoms with Crippen LogP contribution in [0.25, 0.3) is 0 Å². The molecule has 0 aromatic heterocycles. The van der Waals surface area contributed by atoms with Crippen molar-refractivity contribution in [1.82, 2.24) is 5.32 Å². The van der Waals surface area contributed by atoms with E-state index in [2.05, 4.69) is 12.2 Å². The zero-order valence-corrected chi connectivity index (χ0v) is 7.16. The van der Waals surface area contributed by atoms with Crippen LogP contribution >= 0.6 is 11.8 Å². The first-order valence-corrected chi connectivity index (χ1v) is 4.86. The van der Waals surface area contributed by atoms with Crippen molar-refractivity contribution in [2.24, 2.45) is 5.92 Å². The molecule has 2 nitrogen and oxygen atoms in total. The summed E-state index contributed by atoms with van der Waals surface area (Å²) in [6.45, 7) is 4.57. The SMILES string of the molecule is CCSC1CNCC1CO. The molecule has 1 heterocycles. The predicted octanol–water partition coefficient (Wildman–Crippen LogP) is 0.320. The Morgan fingerprint density at radius 2 is 2.40 bits per heavy atom. The summed E-state index contributed by atoms with van der Waals surface area (Å²) in [6.07, 6.45) is 0. The van der Waals surface area contributed by atoms with Crippen LogP contribution in [-0.4, -0.2) is 35.8 Å². The Balaban J connectivity index is 2.27. The molecule has 1 rings (SSSR count). The van der Waals surface area contributed by atoms with Gasteiger partial charge in [0.15, 0.2) is 0 Å². The fourth-order valence-electron chi connectivity index (χ4n) is 1.30. The van der Waals surface area contributed by atoms with Crippen LogP contribution in [0.1, 0.15) is 6.92 Å². The van der Waals surface area contributed by atoms with E-state index in [1.54, 1.807) is 0 Å². The molecule has 1 fully saturated rings. The maximum atomic E-state index is 8.91. The lowest BCUT2D eigenvalue weighted by molar-refractivity contribution is 0.240. The second-order valence-electron chi connectivity index (χ2n) is 2.59. The zero-order chi connectivity index (χ0) is 7.40. The van der Waals surface area contributed by atoms with Crippen LogP contribution in [0.5, 0.6) is 0 Å². The highest BCUT2D eigenvalue weighted by atomic mass is 32.2. The molecule has 0 amide bonds. The van der Waals surface area contributed by atoms with E-state index in [9.17, 15) is 0 Å². The van der Waals surface area contributed by atoms with Crippen LogP contribution in [0, 0.1) is 5.92 Å². The third-order valence-electron chi connectivity index (χ3n) is 1.89. The van der Waals surface area contributed by atoms with Gasteiger partial charge in [-0.05, 0) is 5.75 Å². The van der Waals surface area contributed by atoms with Crippen LogP contribution < -0.4 is 5.32 Å². The molecular weight excluding hydrogens is 146 g/mol. The Bertz CT molecular complexity index is 99.6. The Hall–Kier alpha value is 0.270. The minimum atomic E-state index is 0.338. The Morgan fingerprint density at radius 1 is 1.60 bits per heavy atom. The van der Waals surface area contributed by atoms with Crippen LogP contribution in [0.2, 0.25) is 0 Å². The van der Waals surface area contributed by atoms with Gasteiger partial charge < -0.3 is 10.4 Å². The molecule has 0 spiro atoms. The minimum Gasteiger partial charge on any atom is -0.396 e. The highest BCUT2D eigenvalue weighted by molar-refractivity contribution is 7.99. The second kappa shape index (κ2) is 4.21. The van der Waals surface area contributed by atoms with Gasteiger partial charge in [-0.2, -0.15) is 11.8 Å². The summed E-state index contributed by atoms with van der Waals surface area (Å²) in [6, 6.07) is 0. The van der Waals surface area contributed by atoms with Gasteiger partial charge in [-0.3, -0.25) is 0 Å². The van der Waals surface area contributed by atoms with Gasteiger partial charge in [0.05, 0.1) is 0 Å². The van der Waals surface area contributed by atoms with E-state index in [4.69, 9.17) is 5.11 Å². The monoisotopic (exact) mass is 161 g/mol. The predicted molar refractivity (Wildman–Crippen MR) is 45.4 cm³/mol. The Labute approximate surface area is 66.4 Å². The summed E-state index contributed by atoms with van der Waals surface area (Å²) in [5, 5.41) is 12.8. The number of nitrogens with one attached hydrogen (secondary N) is 1. The summed E-state index contributed by atoms with van der Waals surface area (Å²) in [7, 11) is 0. The van der Waals surface area contributed by atoms with E-state index in [1.807, 2.05) is 11.8 Å². The number of aliphatic hydroxyl groups is 1. The molecule has 2 unspecified atom stereocenters. The summed E-state index contributed by atoms with van der Waals surface area (Å²) in [5.74, 6) is 1.65. The lowest BCUT2D eigenvalue weighted by Gasteiger charge is -2.13. The molecule has 1 saturated heterocycles. The van der Waals surface area contributed by atoms with Crippen LogP contribution in [0.15, 0.2) is 0 Å². The highest BCUT2D eigenvalue weighted by Crippen LogP contribution is 2.22. The van der Waals surface area contributed by atoms with Crippen molar-refractivity contribution in [3.8, 4) is 0 Å². The zero-order valence-electron chi connectivity index (χ0n) is 6.34. The van der Waals surface area contributed by atoms with Gasteiger partial charge in [-0.15, -0.1) is 0 Å². The van der Waals surface area contributed by atoms with E-state index in [0.717, 1.165) is 18.8 Å². The molecule has 0 aliphatic carbocycles. The van der Waals surface area contributed by atoms with Crippen molar-refractivity contribution in [3.05, 3.63) is 0 Å². The van der Waals surface area contributed by atoms with E-state index in [1.165, 1.54) is 0 Å². The second-order valence-corrected chi connectivity index (χ2v) is 4.11. The average Bonchev–Trinajstić information content (AvgIpc) is 2.36. The van der Waals surface area contributed by atoms with Gasteiger partial charge >= 0.3 is 0 Å². The summed E-state index contributed by atoms with van der Waals surface area (Å²) >= 11 is 1.95. The normalized spacial score (nSPS) is 33.0. The van der Waals surface area contributed by atoms with Crippen molar-refractivity contribution >= 4 is 11.8 Å². The van der Waals surface area contributed by atoms with Gasteiger partial charge in [-0.25, -0.2) is 0 Å². The Morgan fingerprint density at radius 3 is 3.00 bits per heavy atom. The third kappa shape index (κ3) is 1.87. The van der Waals surface area contributed by atoms with Crippen molar-refractivity contribution in [3.63, 3.8) is 0 Å². The van der Waals surface area contributed by atoms with Crippen molar-refractivity contribution in [1.29, 1.82) is 0 Å². The molecule has 0 aromatic carbocycles. The smallest absolute Gasteiger partial charge is 0.0482 e. The van der Waals surface area contributed by atoms with Crippen LogP contribution in [0.4, 0.5) is 0 Å². The maximum absolute atomic E-state index is 8.91. The quantitative estimate of drug-likeness (QED) is 0.625. The van der Waals surface area contributed by atoms with Gasteiger partial charge in [0.1, 0.15) is 0 Å². The number of hydrogen-bond donors (Lipinski definition) is 2. The largest absolute Gasteiger partial charge is 0.396 e. The van der Waals surface area contributed by atoms with E-state index < -0.39 is 0 Å². The summed E-state index contributed by atoms with van der Waals surface area (Å²) < 4.78 is 0. The maximum Gasteiger partial charge on any atom is 0.0482 e. The van der Waals surface area contributed by atoms with Crippen molar-refractivity contribution < 1.29 is 5.11 Å².